The van der Waals surface area contributed by atoms with Crippen LogP contribution in [0.1, 0.15) is 47.8 Å². The molecule has 0 aliphatic carbocycles. The van der Waals surface area contributed by atoms with Crippen molar-refractivity contribution in [3.05, 3.63) is 70.8 Å². The van der Waals surface area contributed by atoms with Gasteiger partial charge in [-0.25, -0.2) is 5.48 Å². The number of hydrogen-bond acceptors (Lipinski definition) is 5. The third-order valence-corrected chi connectivity index (χ3v) is 4.50. The van der Waals surface area contributed by atoms with E-state index in [2.05, 4.69) is 36.3 Å². The first kappa shape index (κ1) is 24.1. The molecule has 0 radical (unpaired) electrons. The predicted molar refractivity (Wildman–Crippen MR) is 118 cm³/mol. The quantitative estimate of drug-likeness (QED) is 0.253. The summed E-state index contributed by atoms with van der Waals surface area (Å²) in [5.41, 5.74) is 4.56. The number of aliphatic hydroxyl groups is 1. The van der Waals surface area contributed by atoms with Crippen molar-refractivity contribution in [2.24, 2.45) is 5.92 Å². The van der Waals surface area contributed by atoms with Crippen LogP contribution in [0.15, 0.2) is 48.5 Å². The molecule has 2 aromatic carbocycles. The van der Waals surface area contributed by atoms with Gasteiger partial charge in [-0.2, -0.15) is 0 Å². The zero-order chi connectivity index (χ0) is 22.8. The van der Waals surface area contributed by atoms with Crippen LogP contribution in [0.5, 0.6) is 0 Å². The van der Waals surface area contributed by atoms with Crippen LogP contribution in [0, 0.1) is 17.8 Å². The Morgan fingerprint density at radius 3 is 1.97 bits per heavy atom. The molecule has 0 saturated heterocycles. The van der Waals surface area contributed by atoms with Crippen LogP contribution in [0.4, 0.5) is 0 Å². The lowest BCUT2D eigenvalue weighted by Crippen LogP contribution is -2.51. The summed E-state index contributed by atoms with van der Waals surface area (Å²) in [5, 5.41) is 24.1. The zero-order valence-electron chi connectivity index (χ0n) is 18.0. The molecule has 7 nitrogen and oxygen atoms in total. The van der Waals surface area contributed by atoms with Gasteiger partial charge in [-0.05, 0) is 61.3 Å². The van der Waals surface area contributed by atoms with Crippen molar-refractivity contribution in [2.75, 3.05) is 6.54 Å². The van der Waals surface area contributed by atoms with E-state index in [0.717, 1.165) is 24.2 Å². The van der Waals surface area contributed by atoms with Gasteiger partial charge in [-0.1, -0.05) is 37.8 Å². The van der Waals surface area contributed by atoms with E-state index in [1.807, 2.05) is 24.3 Å². The topological polar surface area (TPSA) is 111 Å². The molecule has 0 spiro atoms. The molecule has 5 N–H and O–H groups in total. The highest BCUT2D eigenvalue weighted by Crippen LogP contribution is 2.07. The number of carbonyl (C=O) groups excluding carboxylic acids is 2. The number of amides is 2. The minimum absolute atomic E-state index is 0.306. The Balaban J connectivity index is 1.97. The Hall–Kier alpha value is -3.18. The zero-order valence-corrected chi connectivity index (χ0v) is 18.0. The molecular formula is C24H29N3O4. The van der Waals surface area contributed by atoms with Crippen molar-refractivity contribution >= 4 is 11.8 Å². The van der Waals surface area contributed by atoms with Crippen LogP contribution in [0.3, 0.4) is 0 Å². The van der Waals surface area contributed by atoms with Gasteiger partial charge >= 0.3 is 0 Å². The summed E-state index contributed by atoms with van der Waals surface area (Å²) in [4.78, 5) is 23.8. The molecule has 0 fully saturated rings. The molecule has 0 heterocycles. The first-order valence-electron chi connectivity index (χ1n) is 10.1. The molecule has 0 bridgehead atoms. The van der Waals surface area contributed by atoms with Crippen LogP contribution < -0.4 is 16.1 Å². The van der Waals surface area contributed by atoms with Crippen LogP contribution >= 0.6 is 0 Å². The number of carbonyl (C=O) groups is 2. The summed E-state index contributed by atoms with van der Waals surface area (Å²) in [5.74, 6) is 5.32. The predicted octanol–water partition coefficient (Wildman–Crippen LogP) is 1.82. The number of nitrogens with one attached hydrogen (secondary N) is 3. The fourth-order valence-corrected chi connectivity index (χ4v) is 2.76. The number of hydrogen-bond donors (Lipinski definition) is 5. The van der Waals surface area contributed by atoms with Crippen LogP contribution in [0.25, 0.3) is 0 Å². The highest BCUT2D eigenvalue weighted by atomic mass is 16.5. The molecule has 2 amide bonds. The summed E-state index contributed by atoms with van der Waals surface area (Å²) in [6.45, 7) is 7.49. The fourth-order valence-electron chi connectivity index (χ4n) is 2.76. The van der Waals surface area contributed by atoms with Gasteiger partial charge in [0.05, 0.1) is 6.10 Å². The molecule has 0 aliphatic heterocycles. The lowest BCUT2D eigenvalue weighted by Gasteiger charge is -2.19. The summed E-state index contributed by atoms with van der Waals surface area (Å²) in [6, 6.07) is 13.4. The van der Waals surface area contributed by atoms with Crippen LogP contribution in [-0.2, 0) is 11.3 Å². The summed E-state index contributed by atoms with van der Waals surface area (Å²) < 4.78 is 0. The first-order valence-corrected chi connectivity index (χ1v) is 10.1. The minimum Gasteiger partial charge on any atom is -0.391 e. The lowest BCUT2D eigenvalue weighted by atomic mass is 10.1. The van der Waals surface area contributed by atoms with Gasteiger partial charge in [0.25, 0.3) is 11.8 Å². The van der Waals surface area contributed by atoms with Gasteiger partial charge in [0.15, 0.2) is 0 Å². The molecule has 2 atom stereocenters. The molecule has 0 saturated carbocycles. The van der Waals surface area contributed by atoms with E-state index in [0.29, 0.717) is 11.5 Å². The molecule has 2 aromatic rings. The van der Waals surface area contributed by atoms with E-state index in [-0.39, 0.29) is 0 Å². The average molecular weight is 424 g/mol. The Kier molecular flexibility index (Phi) is 9.22. The monoisotopic (exact) mass is 423 g/mol. The van der Waals surface area contributed by atoms with Gasteiger partial charge in [0.1, 0.15) is 6.04 Å². The Morgan fingerprint density at radius 2 is 1.48 bits per heavy atom. The van der Waals surface area contributed by atoms with Crippen molar-refractivity contribution in [1.82, 2.24) is 16.1 Å². The van der Waals surface area contributed by atoms with Gasteiger partial charge in [0.2, 0.25) is 0 Å². The summed E-state index contributed by atoms with van der Waals surface area (Å²) >= 11 is 0. The lowest BCUT2D eigenvalue weighted by molar-refractivity contribution is -0.133. The average Bonchev–Trinajstić information content (AvgIpc) is 2.76. The maximum Gasteiger partial charge on any atom is 0.268 e. The smallest absolute Gasteiger partial charge is 0.268 e. The van der Waals surface area contributed by atoms with Crippen LogP contribution in [0.2, 0.25) is 0 Å². The van der Waals surface area contributed by atoms with E-state index in [9.17, 15) is 14.7 Å². The third kappa shape index (κ3) is 7.87. The molecular weight excluding hydrogens is 394 g/mol. The maximum atomic E-state index is 12.3. The van der Waals surface area contributed by atoms with Crippen molar-refractivity contribution in [3.8, 4) is 11.8 Å². The number of hydroxylamine groups is 1. The third-order valence-electron chi connectivity index (χ3n) is 4.50. The summed E-state index contributed by atoms with van der Waals surface area (Å²) in [7, 11) is 0. The fraction of sp³-hybridized carbons (Fsp3) is 0.333. The van der Waals surface area contributed by atoms with Crippen molar-refractivity contribution in [2.45, 2.75) is 39.5 Å². The number of benzene rings is 2. The van der Waals surface area contributed by atoms with E-state index in [1.165, 1.54) is 18.0 Å². The highest BCUT2D eigenvalue weighted by Gasteiger charge is 2.25. The van der Waals surface area contributed by atoms with E-state index in [4.69, 9.17) is 5.21 Å². The SMILES string of the molecule is CC(C)CNCc1ccc(C#Cc2ccc(C(=O)N[C@H](C(=O)NO)[C@@H](C)O)cc2)cc1. The van der Waals surface area contributed by atoms with Crippen molar-refractivity contribution in [3.63, 3.8) is 0 Å². The Morgan fingerprint density at radius 1 is 0.935 bits per heavy atom. The Bertz CT molecular complexity index is 926. The van der Waals surface area contributed by atoms with E-state index < -0.39 is 24.0 Å². The van der Waals surface area contributed by atoms with Gasteiger partial charge in [-0.3, -0.25) is 14.8 Å². The second-order valence-electron chi connectivity index (χ2n) is 7.72. The highest BCUT2D eigenvalue weighted by molar-refractivity contribution is 5.97. The number of aliphatic hydroxyl groups excluding tert-OH is 1. The normalized spacial score (nSPS) is 12.5. The molecule has 0 aromatic heterocycles. The van der Waals surface area contributed by atoms with E-state index in [1.54, 1.807) is 24.3 Å². The molecule has 0 aliphatic rings. The van der Waals surface area contributed by atoms with Crippen LogP contribution in [-0.4, -0.2) is 40.8 Å². The van der Waals surface area contributed by atoms with Gasteiger partial charge in [-0.15, -0.1) is 0 Å². The minimum atomic E-state index is -1.26. The van der Waals surface area contributed by atoms with Crippen molar-refractivity contribution < 1.29 is 19.9 Å². The molecule has 7 heteroatoms. The second kappa shape index (κ2) is 11.9. The molecule has 164 valence electrons. The Labute approximate surface area is 182 Å². The first-order chi connectivity index (χ1) is 14.8. The molecule has 31 heavy (non-hydrogen) atoms. The standard InChI is InChI=1S/C24H29N3O4/c1-16(2)14-25-15-20-8-6-18(7-9-20)4-5-19-10-12-21(13-11-19)23(29)26-22(17(3)28)24(30)27-31/h6-13,16-17,22,25,28,31H,14-15H2,1-3H3,(H,26,29)(H,27,30)/t17-,22+/m1/s1. The van der Waals surface area contributed by atoms with Crippen molar-refractivity contribution in [1.29, 1.82) is 0 Å². The van der Waals surface area contributed by atoms with E-state index >= 15 is 0 Å². The van der Waals surface area contributed by atoms with Gasteiger partial charge in [0, 0.05) is 23.2 Å². The molecule has 2 rings (SSSR count). The maximum absolute atomic E-state index is 12.3. The molecule has 0 unspecified atom stereocenters. The largest absolute Gasteiger partial charge is 0.391 e. The summed E-state index contributed by atoms with van der Waals surface area (Å²) in [6.07, 6.45) is -1.17. The second-order valence-corrected chi connectivity index (χ2v) is 7.72. The number of rotatable bonds is 8. The van der Waals surface area contributed by atoms with Gasteiger partial charge < -0.3 is 15.7 Å².